The lowest BCUT2D eigenvalue weighted by atomic mass is 10.1. The van der Waals surface area contributed by atoms with E-state index in [9.17, 15) is 0 Å². The highest BCUT2D eigenvalue weighted by Gasteiger charge is 2.04. The summed E-state index contributed by atoms with van der Waals surface area (Å²) in [6, 6.07) is 4.31. The van der Waals surface area contributed by atoms with Crippen LogP contribution in [-0.4, -0.2) is 12.0 Å². The third kappa shape index (κ3) is 2.25. The maximum absolute atomic E-state index is 4.11. The Bertz CT molecular complexity index is 448. The second-order valence-electron chi connectivity index (χ2n) is 3.54. The van der Waals surface area contributed by atoms with E-state index in [2.05, 4.69) is 34.7 Å². The molecule has 0 aromatic carbocycles. The first-order valence-electron chi connectivity index (χ1n) is 4.94. The lowest BCUT2D eigenvalue weighted by Gasteiger charge is -2.00. The highest BCUT2D eigenvalue weighted by atomic mass is 32.1. The summed E-state index contributed by atoms with van der Waals surface area (Å²) in [5.41, 5.74) is 3.86. The van der Waals surface area contributed by atoms with Gasteiger partial charge in [-0.1, -0.05) is 0 Å². The van der Waals surface area contributed by atoms with Crippen LogP contribution >= 0.6 is 11.3 Å². The first-order valence-corrected chi connectivity index (χ1v) is 5.82. The van der Waals surface area contributed by atoms with Gasteiger partial charge in [-0.2, -0.15) is 0 Å². The second-order valence-corrected chi connectivity index (χ2v) is 4.45. The third-order valence-corrected chi connectivity index (χ3v) is 3.33. The summed E-state index contributed by atoms with van der Waals surface area (Å²) in [6.07, 6.45) is 3.76. The lowest BCUT2D eigenvalue weighted by Crippen LogP contribution is -2.03. The lowest BCUT2D eigenvalue weighted by molar-refractivity contribution is 0.821. The summed E-state index contributed by atoms with van der Waals surface area (Å²) in [7, 11) is 1.97. The molecule has 3 heteroatoms. The number of pyridine rings is 1. The van der Waals surface area contributed by atoms with Crippen LogP contribution in [0.4, 0.5) is 0 Å². The van der Waals surface area contributed by atoms with Gasteiger partial charge in [-0.3, -0.25) is 4.98 Å². The predicted octanol–water partition coefficient (Wildman–Crippen LogP) is 2.84. The molecule has 0 amide bonds. The monoisotopic (exact) mass is 218 g/mol. The van der Waals surface area contributed by atoms with Gasteiger partial charge in [0.2, 0.25) is 0 Å². The van der Waals surface area contributed by atoms with E-state index in [1.54, 1.807) is 11.3 Å². The molecule has 0 unspecified atom stereocenters. The van der Waals surface area contributed by atoms with Crippen molar-refractivity contribution in [3.05, 3.63) is 41.0 Å². The SMILES string of the molecule is CNCc1csc(-c2ccncc2C)c1. The maximum atomic E-state index is 4.11. The molecule has 78 valence electrons. The van der Waals surface area contributed by atoms with Gasteiger partial charge in [0.1, 0.15) is 0 Å². The summed E-state index contributed by atoms with van der Waals surface area (Å²) in [4.78, 5) is 5.43. The molecule has 0 saturated heterocycles. The van der Waals surface area contributed by atoms with Crippen LogP contribution in [0.2, 0.25) is 0 Å². The summed E-state index contributed by atoms with van der Waals surface area (Å²) < 4.78 is 0. The molecule has 0 aliphatic heterocycles. The van der Waals surface area contributed by atoms with Crippen LogP contribution < -0.4 is 5.32 Å². The Morgan fingerprint density at radius 3 is 3.07 bits per heavy atom. The molecule has 15 heavy (non-hydrogen) atoms. The molecule has 1 N–H and O–H groups in total. The zero-order valence-electron chi connectivity index (χ0n) is 8.95. The van der Waals surface area contributed by atoms with Crippen LogP contribution in [0.25, 0.3) is 10.4 Å². The molecule has 2 aromatic heterocycles. The van der Waals surface area contributed by atoms with E-state index in [4.69, 9.17) is 0 Å². The van der Waals surface area contributed by atoms with Gasteiger partial charge in [0, 0.05) is 23.8 Å². The molecule has 0 aliphatic rings. The van der Waals surface area contributed by atoms with Gasteiger partial charge in [-0.05, 0) is 48.2 Å². The molecular formula is C12H14N2S. The van der Waals surface area contributed by atoms with Crippen molar-refractivity contribution in [2.45, 2.75) is 13.5 Å². The van der Waals surface area contributed by atoms with E-state index >= 15 is 0 Å². The molecule has 2 aromatic rings. The third-order valence-electron chi connectivity index (χ3n) is 2.32. The molecular weight excluding hydrogens is 204 g/mol. The number of nitrogens with zero attached hydrogens (tertiary/aromatic N) is 1. The molecule has 0 spiro atoms. The zero-order chi connectivity index (χ0) is 10.7. The number of thiophene rings is 1. The minimum atomic E-state index is 0.931. The van der Waals surface area contributed by atoms with E-state index in [-0.39, 0.29) is 0 Å². The molecule has 2 heterocycles. The summed E-state index contributed by atoms with van der Waals surface area (Å²) in [6.45, 7) is 3.03. The Morgan fingerprint density at radius 1 is 1.47 bits per heavy atom. The smallest absolute Gasteiger partial charge is 0.0349 e. The maximum Gasteiger partial charge on any atom is 0.0349 e. The summed E-state index contributed by atoms with van der Waals surface area (Å²) in [5, 5.41) is 5.36. The van der Waals surface area contributed by atoms with Crippen molar-refractivity contribution in [1.82, 2.24) is 10.3 Å². The highest BCUT2D eigenvalue weighted by molar-refractivity contribution is 7.13. The second kappa shape index (κ2) is 4.55. The molecule has 0 atom stereocenters. The first-order chi connectivity index (χ1) is 7.31. The van der Waals surface area contributed by atoms with Crippen LogP contribution in [0, 0.1) is 6.92 Å². The largest absolute Gasteiger partial charge is 0.316 e. The first kappa shape index (κ1) is 10.3. The van der Waals surface area contributed by atoms with Crippen molar-refractivity contribution in [3.8, 4) is 10.4 Å². The van der Waals surface area contributed by atoms with Crippen molar-refractivity contribution in [3.63, 3.8) is 0 Å². The quantitative estimate of drug-likeness (QED) is 0.857. The van der Waals surface area contributed by atoms with Crippen molar-refractivity contribution in [2.75, 3.05) is 7.05 Å². The highest BCUT2D eigenvalue weighted by Crippen LogP contribution is 2.28. The summed E-state index contributed by atoms with van der Waals surface area (Å²) >= 11 is 1.79. The Morgan fingerprint density at radius 2 is 2.33 bits per heavy atom. The molecule has 0 bridgehead atoms. The molecule has 0 fully saturated rings. The number of hydrogen-bond acceptors (Lipinski definition) is 3. The fourth-order valence-corrected chi connectivity index (χ4v) is 2.57. The van der Waals surface area contributed by atoms with Gasteiger partial charge in [0.15, 0.2) is 0 Å². The Balaban J connectivity index is 2.33. The van der Waals surface area contributed by atoms with Crippen LogP contribution in [0.1, 0.15) is 11.1 Å². The van der Waals surface area contributed by atoms with E-state index in [1.165, 1.54) is 21.6 Å². The van der Waals surface area contributed by atoms with Gasteiger partial charge < -0.3 is 5.32 Å². The average molecular weight is 218 g/mol. The van der Waals surface area contributed by atoms with Crippen molar-refractivity contribution in [2.24, 2.45) is 0 Å². The van der Waals surface area contributed by atoms with E-state index < -0.39 is 0 Å². The fourth-order valence-electron chi connectivity index (χ4n) is 1.56. The predicted molar refractivity (Wildman–Crippen MR) is 65.1 cm³/mol. The Hall–Kier alpha value is -1.19. The fraction of sp³-hybridized carbons (Fsp3) is 0.250. The van der Waals surface area contributed by atoms with Gasteiger partial charge in [0.25, 0.3) is 0 Å². The van der Waals surface area contributed by atoms with Gasteiger partial charge in [-0.15, -0.1) is 11.3 Å². The molecule has 0 radical (unpaired) electrons. The minimum Gasteiger partial charge on any atom is -0.316 e. The molecule has 2 rings (SSSR count). The van der Waals surface area contributed by atoms with Crippen LogP contribution in [0.15, 0.2) is 29.9 Å². The van der Waals surface area contributed by atoms with E-state index in [1.807, 2.05) is 19.4 Å². The molecule has 2 nitrogen and oxygen atoms in total. The number of rotatable bonds is 3. The van der Waals surface area contributed by atoms with Crippen LogP contribution in [0.5, 0.6) is 0 Å². The number of nitrogens with one attached hydrogen (secondary N) is 1. The topological polar surface area (TPSA) is 24.9 Å². The molecule has 0 aliphatic carbocycles. The van der Waals surface area contributed by atoms with Crippen LogP contribution in [0.3, 0.4) is 0 Å². The molecule has 0 saturated carbocycles. The zero-order valence-corrected chi connectivity index (χ0v) is 9.77. The number of aromatic nitrogens is 1. The summed E-state index contributed by atoms with van der Waals surface area (Å²) in [5.74, 6) is 0. The van der Waals surface area contributed by atoms with Crippen molar-refractivity contribution < 1.29 is 0 Å². The van der Waals surface area contributed by atoms with E-state index in [0.29, 0.717) is 0 Å². The van der Waals surface area contributed by atoms with Gasteiger partial charge in [0.05, 0.1) is 0 Å². The number of hydrogen-bond donors (Lipinski definition) is 1. The van der Waals surface area contributed by atoms with E-state index in [0.717, 1.165) is 6.54 Å². The number of aryl methyl sites for hydroxylation is 1. The average Bonchev–Trinajstić information content (AvgIpc) is 2.68. The standard InChI is InChI=1S/C12H14N2S/c1-9-6-14-4-3-11(9)12-5-10(7-13-2)8-15-12/h3-6,8,13H,7H2,1-2H3. The normalized spacial score (nSPS) is 10.5. The minimum absolute atomic E-state index is 0.931. The Labute approximate surface area is 94.0 Å². The van der Waals surface area contributed by atoms with Crippen molar-refractivity contribution in [1.29, 1.82) is 0 Å². The van der Waals surface area contributed by atoms with Gasteiger partial charge >= 0.3 is 0 Å². The van der Waals surface area contributed by atoms with Crippen molar-refractivity contribution >= 4 is 11.3 Å². The Kier molecular flexibility index (Phi) is 3.14. The van der Waals surface area contributed by atoms with Gasteiger partial charge in [-0.25, -0.2) is 0 Å². The van der Waals surface area contributed by atoms with Crippen LogP contribution in [-0.2, 0) is 6.54 Å².